The van der Waals surface area contributed by atoms with Gasteiger partial charge < -0.3 is 14.5 Å². The predicted octanol–water partition coefficient (Wildman–Crippen LogP) is 3.18. The van der Waals surface area contributed by atoms with Gasteiger partial charge in [0.05, 0.1) is 12.5 Å². The lowest BCUT2D eigenvalue weighted by Crippen LogP contribution is -2.39. The molecule has 5 heteroatoms. The van der Waals surface area contributed by atoms with Crippen LogP contribution in [0.1, 0.15) is 30.1 Å². The molecule has 120 valence electrons. The average molecular weight is 311 g/mol. The van der Waals surface area contributed by atoms with Crippen LogP contribution in [0.3, 0.4) is 0 Å². The summed E-state index contributed by atoms with van der Waals surface area (Å²) in [5.41, 5.74) is 3.27. The topological polar surface area (TPSA) is 52.2 Å². The van der Waals surface area contributed by atoms with Gasteiger partial charge in [-0.15, -0.1) is 0 Å². The summed E-state index contributed by atoms with van der Waals surface area (Å²) in [7, 11) is 1.94. The van der Waals surface area contributed by atoms with Gasteiger partial charge in [0.25, 0.3) is 0 Å². The van der Waals surface area contributed by atoms with E-state index in [9.17, 15) is 0 Å². The minimum Gasteiger partial charge on any atom is -0.464 e. The smallest absolute Gasteiger partial charge is 0.134 e. The van der Waals surface area contributed by atoms with Crippen LogP contribution in [0.5, 0.6) is 0 Å². The highest BCUT2D eigenvalue weighted by Crippen LogP contribution is 2.29. The zero-order chi connectivity index (χ0) is 15.6. The standard InChI is InChI=1S/C18H21N3O2/c1-21-11-13(10-20-21)18-16(6-4-8-22-18)19-9-14-12-23-17-7-3-2-5-15(14)17/h2-3,5,7,10-12,16,18-19H,4,6,8-9H2,1H3/t16-,18+/m0/s1. The summed E-state index contributed by atoms with van der Waals surface area (Å²) in [5, 5.41) is 9.10. The molecule has 0 aliphatic carbocycles. The molecule has 2 atom stereocenters. The fourth-order valence-corrected chi connectivity index (χ4v) is 3.32. The van der Waals surface area contributed by atoms with Gasteiger partial charge in [-0.2, -0.15) is 5.10 Å². The highest BCUT2D eigenvalue weighted by Gasteiger charge is 2.28. The van der Waals surface area contributed by atoms with Crippen molar-refractivity contribution in [3.8, 4) is 0 Å². The first kappa shape index (κ1) is 14.5. The molecule has 2 aromatic heterocycles. The molecular formula is C18H21N3O2. The molecule has 0 radical (unpaired) electrons. The highest BCUT2D eigenvalue weighted by molar-refractivity contribution is 5.80. The van der Waals surface area contributed by atoms with Gasteiger partial charge in [0, 0.05) is 49.0 Å². The maximum Gasteiger partial charge on any atom is 0.134 e. The summed E-state index contributed by atoms with van der Waals surface area (Å²) >= 11 is 0. The van der Waals surface area contributed by atoms with Crippen molar-refractivity contribution in [2.45, 2.75) is 31.5 Å². The molecule has 23 heavy (non-hydrogen) atoms. The summed E-state index contributed by atoms with van der Waals surface area (Å²) in [6, 6.07) is 8.44. The summed E-state index contributed by atoms with van der Waals surface area (Å²) < 4.78 is 13.5. The van der Waals surface area contributed by atoms with Crippen LogP contribution in [-0.4, -0.2) is 22.4 Å². The van der Waals surface area contributed by atoms with E-state index in [4.69, 9.17) is 9.15 Å². The number of nitrogens with one attached hydrogen (secondary N) is 1. The Balaban J connectivity index is 1.50. The first-order valence-corrected chi connectivity index (χ1v) is 8.10. The molecule has 1 aliphatic rings. The number of nitrogens with zero attached hydrogens (tertiary/aromatic N) is 2. The lowest BCUT2D eigenvalue weighted by molar-refractivity contribution is -0.0112. The van der Waals surface area contributed by atoms with E-state index < -0.39 is 0 Å². The molecule has 0 amide bonds. The number of rotatable bonds is 4. The van der Waals surface area contributed by atoms with E-state index in [-0.39, 0.29) is 6.10 Å². The number of ether oxygens (including phenoxy) is 1. The maximum atomic E-state index is 6.01. The van der Waals surface area contributed by atoms with Crippen LogP contribution < -0.4 is 5.32 Å². The van der Waals surface area contributed by atoms with Crippen molar-refractivity contribution in [1.82, 2.24) is 15.1 Å². The van der Waals surface area contributed by atoms with Gasteiger partial charge in [-0.3, -0.25) is 4.68 Å². The van der Waals surface area contributed by atoms with Gasteiger partial charge in [0.1, 0.15) is 11.7 Å². The molecule has 5 nitrogen and oxygen atoms in total. The van der Waals surface area contributed by atoms with Gasteiger partial charge in [0.2, 0.25) is 0 Å². The van der Waals surface area contributed by atoms with Crippen LogP contribution in [-0.2, 0) is 18.3 Å². The van der Waals surface area contributed by atoms with Crippen LogP contribution in [0.25, 0.3) is 11.0 Å². The van der Waals surface area contributed by atoms with E-state index in [0.29, 0.717) is 6.04 Å². The number of benzene rings is 1. The van der Waals surface area contributed by atoms with Crippen molar-refractivity contribution in [2.75, 3.05) is 6.61 Å². The predicted molar refractivity (Wildman–Crippen MR) is 88.0 cm³/mol. The highest BCUT2D eigenvalue weighted by atomic mass is 16.5. The second-order valence-electron chi connectivity index (χ2n) is 6.13. The number of aryl methyl sites for hydroxylation is 1. The van der Waals surface area contributed by atoms with E-state index in [0.717, 1.165) is 37.1 Å². The van der Waals surface area contributed by atoms with Crippen molar-refractivity contribution in [3.63, 3.8) is 0 Å². The average Bonchev–Trinajstić information content (AvgIpc) is 3.19. The quantitative estimate of drug-likeness (QED) is 0.804. The Kier molecular flexibility index (Phi) is 3.89. The second-order valence-corrected chi connectivity index (χ2v) is 6.13. The van der Waals surface area contributed by atoms with Gasteiger partial charge >= 0.3 is 0 Å². The van der Waals surface area contributed by atoms with E-state index in [2.05, 4.69) is 16.5 Å². The molecule has 0 spiro atoms. The second kappa shape index (κ2) is 6.18. The molecule has 1 N–H and O–H groups in total. The van der Waals surface area contributed by atoms with E-state index >= 15 is 0 Å². The van der Waals surface area contributed by atoms with Gasteiger partial charge in [-0.05, 0) is 18.9 Å². The normalized spacial score (nSPS) is 21.8. The number of para-hydroxylation sites is 1. The summed E-state index contributed by atoms with van der Waals surface area (Å²) in [5.74, 6) is 0. The Morgan fingerprint density at radius 2 is 2.26 bits per heavy atom. The zero-order valence-electron chi connectivity index (χ0n) is 13.2. The van der Waals surface area contributed by atoms with E-state index in [1.54, 1.807) is 0 Å². The number of furan rings is 1. The minimum absolute atomic E-state index is 0.0654. The Morgan fingerprint density at radius 3 is 3.13 bits per heavy atom. The van der Waals surface area contributed by atoms with Crippen LogP contribution in [0.4, 0.5) is 0 Å². The minimum atomic E-state index is 0.0654. The van der Waals surface area contributed by atoms with Crippen molar-refractivity contribution in [2.24, 2.45) is 7.05 Å². The van der Waals surface area contributed by atoms with Crippen LogP contribution >= 0.6 is 0 Å². The molecule has 3 heterocycles. The summed E-state index contributed by atoms with van der Waals surface area (Å²) in [6.07, 6.45) is 8.04. The van der Waals surface area contributed by atoms with Crippen molar-refractivity contribution in [1.29, 1.82) is 0 Å². The number of aromatic nitrogens is 2. The molecule has 1 fully saturated rings. The number of hydrogen-bond acceptors (Lipinski definition) is 4. The molecule has 0 bridgehead atoms. The Bertz CT molecular complexity index is 792. The van der Waals surface area contributed by atoms with Crippen LogP contribution in [0, 0.1) is 0 Å². The Hall–Kier alpha value is -2.11. The van der Waals surface area contributed by atoms with Gasteiger partial charge in [0.15, 0.2) is 0 Å². The molecule has 0 saturated carbocycles. The van der Waals surface area contributed by atoms with Crippen molar-refractivity contribution >= 4 is 11.0 Å². The molecule has 1 aliphatic heterocycles. The first-order valence-electron chi connectivity index (χ1n) is 8.10. The van der Waals surface area contributed by atoms with E-state index in [1.807, 2.05) is 48.6 Å². The lowest BCUT2D eigenvalue weighted by atomic mass is 9.98. The number of fused-ring (bicyclic) bond motifs is 1. The third-order valence-electron chi connectivity index (χ3n) is 4.49. The molecule has 0 unspecified atom stereocenters. The third-order valence-corrected chi connectivity index (χ3v) is 4.49. The molecule has 1 saturated heterocycles. The first-order chi connectivity index (χ1) is 11.3. The largest absolute Gasteiger partial charge is 0.464 e. The van der Waals surface area contributed by atoms with Gasteiger partial charge in [-0.1, -0.05) is 18.2 Å². The maximum absolute atomic E-state index is 6.01. The molecular weight excluding hydrogens is 290 g/mol. The monoisotopic (exact) mass is 311 g/mol. The number of hydrogen-bond donors (Lipinski definition) is 1. The molecule has 4 rings (SSSR count). The van der Waals surface area contributed by atoms with Crippen LogP contribution in [0.15, 0.2) is 47.3 Å². The fraction of sp³-hybridized carbons (Fsp3) is 0.389. The fourth-order valence-electron chi connectivity index (χ4n) is 3.32. The van der Waals surface area contributed by atoms with Crippen molar-refractivity contribution in [3.05, 3.63) is 54.0 Å². The zero-order valence-corrected chi connectivity index (χ0v) is 13.2. The molecule has 3 aromatic rings. The van der Waals surface area contributed by atoms with Crippen LogP contribution in [0.2, 0.25) is 0 Å². The van der Waals surface area contributed by atoms with Crippen molar-refractivity contribution < 1.29 is 9.15 Å². The summed E-state index contributed by atoms with van der Waals surface area (Å²) in [6.45, 7) is 1.59. The SMILES string of the molecule is Cn1cc([C@H]2OCCC[C@@H]2NCc2coc3ccccc23)cn1. The molecule has 1 aromatic carbocycles. The Labute approximate surface area is 135 Å². The summed E-state index contributed by atoms with van der Waals surface area (Å²) in [4.78, 5) is 0. The lowest BCUT2D eigenvalue weighted by Gasteiger charge is -2.32. The third kappa shape index (κ3) is 2.90. The Morgan fingerprint density at radius 1 is 1.35 bits per heavy atom. The van der Waals surface area contributed by atoms with Gasteiger partial charge in [-0.25, -0.2) is 0 Å². The van der Waals surface area contributed by atoms with E-state index in [1.165, 1.54) is 10.9 Å².